The largest absolute Gasteiger partial charge is 0.493 e. The zero-order valence-electron chi connectivity index (χ0n) is 15.5. The van der Waals surface area contributed by atoms with Crippen molar-refractivity contribution in [2.24, 2.45) is 0 Å². The summed E-state index contributed by atoms with van der Waals surface area (Å²) in [6, 6.07) is 13.8. The van der Waals surface area contributed by atoms with Gasteiger partial charge in [0.25, 0.3) is 0 Å². The summed E-state index contributed by atoms with van der Waals surface area (Å²) >= 11 is 6.25. The molecule has 7 heteroatoms. The van der Waals surface area contributed by atoms with Crippen LogP contribution in [-0.2, 0) is 6.54 Å². The number of hydrogen-bond acceptors (Lipinski definition) is 4. The molecule has 0 spiro atoms. The predicted molar refractivity (Wildman–Crippen MR) is 112 cm³/mol. The highest BCUT2D eigenvalue weighted by molar-refractivity contribution is 6.31. The Bertz CT molecular complexity index is 1060. The number of aromatic nitrogens is 2. The fourth-order valence-electron chi connectivity index (χ4n) is 3.29. The lowest BCUT2D eigenvalue weighted by molar-refractivity contribution is 0.228. The van der Waals surface area contributed by atoms with Gasteiger partial charge >= 0.3 is 0 Å². The molecule has 2 aliphatic rings. The maximum absolute atomic E-state index is 8.96. The Morgan fingerprint density at radius 1 is 1.11 bits per heavy atom. The highest BCUT2D eigenvalue weighted by Gasteiger charge is 2.19. The third-order valence-corrected chi connectivity index (χ3v) is 5.10. The second kappa shape index (κ2) is 8.04. The van der Waals surface area contributed by atoms with Gasteiger partial charge in [-0.05, 0) is 35.2 Å². The molecule has 4 rings (SSSR count). The standard InChI is InChI=1S/C21H22ClN3O3/c1-27-18-11-15-14(10-19(18)28-8-4-7-26)9-16-20(15)24-25-21(16)23-12-13-5-2-3-6-17(13)22/h2-3,5-6,9-11,23-26H,4,7-8,12H2,1H3. The zero-order valence-corrected chi connectivity index (χ0v) is 16.3. The summed E-state index contributed by atoms with van der Waals surface area (Å²) in [4.78, 5) is 0. The summed E-state index contributed by atoms with van der Waals surface area (Å²) < 4.78 is 11.3. The van der Waals surface area contributed by atoms with Crippen LogP contribution in [0.25, 0.3) is 22.0 Å². The van der Waals surface area contributed by atoms with Gasteiger partial charge in [-0.1, -0.05) is 29.8 Å². The number of benzene rings is 2. The van der Waals surface area contributed by atoms with Crippen molar-refractivity contribution in [2.45, 2.75) is 13.0 Å². The quantitative estimate of drug-likeness (QED) is 0.325. The second-order valence-electron chi connectivity index (χ2n) is 6.52. The van der Waals surface area contributed by atoms with Crippen LogP contribution in [0.5, 0.6) is 11.5 Å². The van der Waals surface area contributed by atoms with Gasteiger partial charge in [0, 0.05) is 35.5 Å². The number of aliphatic hydroxyl groups excluding tert-OH is 1. The van der Waals surface area contributed by atoms with Gasteiger partial charge in [-0.25, -0.2) is 0 Å². The van der Waals surface area contributed by atoms with Gasteiger partial charge in [0.15, 0.2) is 11.5 Å². The molecule has 1 aliphatic carbocycles. The Morgan fingerprint density at radius 3 is 2.75 bits per heavy atom. The zero-order chi connectivity index (χ0) is 19.5. The lowest BCUT2D eigenvalue weighted by atomic mass is 10.2. The minimum Gasteiger partial charge on any atom is -0.493 e. The van der Waals surface area contributed by atoms with Crippen molar-refractivity contribution < 1.29 is 14.6 Å². The van der Waals surface area contributed by atoms with Crippen LogP contribution in [0.15, 0.2) is 42.5 Å². The summed E-state index contributed by atoms with van der Waals surface area (Å²) in [6.07, 6.45) is 0.577. The number of nitrogens with one attached hydrogen (secondary N) is 3. The number of ether oxygens (including phenoxy) is 2. The molecule has 0 radical (unpaired) electrons. The molecule has 1 aliphatic heterocycles. The number of fused-ring (bicyclic) bond motifs is 3. The highest BCUT2D eigenvalue weighted by Crippen LogP contribution is 2.42. The van der Waals surface area contributed by atoms with E-state index in [1.54, 1.807) is 7.11 Å². The molecule has 4 N–H and O–H groups in total. The predicted octanol–water partition coefficient (Wildman–Crippen LogP) is 4.64. The summed E-state index contributed by atoms with van der Waals surface area (Å²) in [6.45, 7) is 1.15. The Morgan fingerprint density at radius 2 is 1.96 bits per heavy atom. The first kappa shape index (κ1) is 18.5. The van der Waals surface area contributed by atoms with E-state index >= 15 is 0 Å². The molecule has 28 heavy (non-hydrogen) atoms. The Labute approximate surface area is 167 Å². The normalized spacial score (nSPS) is 11.2. The van der Waals surface area contributed by atoms with Crippen molar-refractivity contribution in [3.05, 3.63) is 53.1 Å². The van der Waals surface area contributed by atoms with Gasteiger partial charge in [0.1, 0.15) is 5.82 Å². The summed E-state index contributed by atoms with van der Waals surface area (Å²) in [7, 11) is 1.62. The summed E-state index contributed by atoms with van der Waals surface area (Å²) in [5, 5.41) is 21.6. The maximum Gasteiger partial charge on any atom is 0.161 e. The fraction of sp³-hybridized carbons (Fsp3) is 0.238. The lowest BCUT2D eigenvalue weighted by Gasteiger charge is -2.10. The van der Waals surface area contributed by atoms with Crippen LogP contribution in [0.1, 0.15) is 12.0 Å². The molecule has 0 atom stereocenters. The third kappa shape index (κ3) is 3.48. The average molecular weight is 400 g/mol. The number of halogens is 1. The lowest BCUT2D eigenvalue weighted by Crippen LogP contribution is -2.01. The molecular weight excluding hydrogens is 378 g/mol. The van der Waals surface area contributed by atoms with Gasteiger partial charge in [-0.15, -0.1) is 0 Å². The van der Waals surface area contributed by atoms with Crippen molar-refractivity contribution in [1.82, 2.24) is 10.2 Å². The number of rotatable bonds is 8. The first-order valence-electron chi connectivity index (χ1n) is 9.13. The van der Waals surface area contributed by atoms with E-state index in [-0.39, 0.29) is 6.61 Å². The van der Waals surface area contributed by atoms with Crippen LogP contribution >= 0.6 is 11.6 Å². The van der Waals surface area contributed by atoms with Gasteiger partial charge in [-0.2, -0.15) is 0 Å². The monoisotopic (exact) mass is 399 g/mol. The molecule has 0 unspecified atom stereocenters. The SMILES string of the molecule is COc1cc2c3[nH][nH]c(NCc4ccccc4Cl)c-3cc2cc1OCCCO. The molecule has 0 aromatic heterocycles. The molecule has 6 nitrogen and oxygen atoms in total. The van der Waals surface area contributed by atoms with Gasteiger partial charge in [0.2, 0.25) is 0 Å². The number of aromatic amines is 2. The van der Waals surface area contributed by atoms with Crippen molar-refractivity contribution in [1.29, 1.82) is 0 Å². The van der Waals surface area contributed by atoms with Crippen molar-refractivity contribution in [2.75, 3.05) is 25.6 Å². The van der Waals surface area contributed by atoms with Crippen LogP contribution in [0.2, 0.25) is 5.02 Å². The Kier molecular flexibility index (Phi) is 5.32. The van der Waals surface area contributed by atoms with E-state index in [0.29, 0.717) is 31.1 Å². The van der Waals surface area contributed by atoms with Crippen LogP contribution in [0.3, 0.4) is 0 Å². The van der Waals surface area contributed by atoms with Gasteiger partial charge in [0.05, 0.1) is 19.4 Å². The Hall–Kier alpha value is -2.83. The van der Waals surface area contributed by atoms with Crippen LogP contribution in [-0.4, -0.2) is 35.6 Å². The molecule has 0 saturated carbocycles. The number of aliphatic hydroxyl groups is 1. The molecule has 0 saturated heterocycles. The number of H-pyrrole nitrogens is 2. The number of methoxy groups -OCH3 is 1. The molecule has 0 bridgehead atoms. The smallest absolute Gasteiger partial charge is 0.161 e. The van der Waals surface area contributed by atoms with E-state index in [1.165, 1.54) is 0 Å². The number of hydrogen-bond donors (Lipinski definition) is 4. The minimum atomic E-state index is 0.0975. The van der Waals surface area contributed by atoms with Crippen molar-refractivity contribution in [3.63, 3.8) is 0 Å². The van der Waals surface area contributed by atoms with E-state index in [4.69, 9.17) is 26.2 Å². The van der Waals surface area contributed by atoms with Crippen molar-refractivity contribution in [3.8, 4) is 22.8 Å². The first-order valence-corrected chi connectivity index (χ1v) is 9.50. The first-order chi connectivity index (χ1) is 13.7. The minimum absolute atomic E-state index is 0.0975. The fourth-order valence-corrected chi connectivity index (χ4v) is 3.49. The van der Waals surface area contributed by atoms with E-state index in [2.05, 4.69) is 21.6 Å². The molecule has 0 amide bonds. The molecule has 2 aromatic carbocycles. The highest BCUT2D eigenvalue weighted by atomic mass is 35.5. The van der Waals surface area contributed by atoms with E-state index in [0.717, 1.165) is 38.4 Å². The third-order valence-electron chi connectivity index (χ3n) is 4.73. The van der Waals surface area contributed by atoms with Crippen LogP contribution in [0, 0.1) is 0 Å². The van der Waals surface area contributed by atoms with E-state index in [1.807, 2.05) is 36.4 Å². The molecule has 1 heterocycles. The van der Waals surface area contributed by atoms with Crippen LogP contribution in [0.4, 0.5) is 5.82 Å². The molecule has 0 fully saturated rings. The average Bonchev–Trinajstić information content (AvgIpc) is 3.26. The second-order valence-corrected chi connectivity index (χ2v) is 6.93. The molecule has 2 aromatic rings. The van der Waals surface area contributed by atoms with Crippen molar-refractivity contribution >= 4 is 28.2 Å². The molecular formula is C21H22ClN3O3. The van der Waals surface area contributed by atoms with Crippen LogP contribution < -0.4 is 14.8 Å². The topological polar surface area (TPSA) is 82.3 Å². The van der Waals surface area contributed by atoms with E-state index < -0.39 is 0 Å². The van der Waals surface area contributed by atoms with Gasteiger partial charge < -0.3 is 19.9 Å². The van der Waals surface area contributed by atoms with E-state index in [9.17, 15) is 0 Å². The number of anilines is 1. The summed E-state index contributed by atoms with van der Waals surface area (Å²) in [5.74, 6) is 2.23. The molecule has 146 valence electrons. The maximum atomic E-state index is 8.96. The Balaban J connectivity index is 1.62. The van der Waals surface area contributed by atoms with Gasteiger partial charge in [-0.3, -0.25) is 10.2 Å². The summed E-state index contributed by atoms with van der Waals surface area (Å²) in [5.41, 5.74) is 3.08.